The fraction of sp³-hybridized carbons (Fsp3) is 0.882. The average Bonchev–Trinajstić information content (AvgIpc) is 3.20. The molecule has 0 aromatic carbocycles. The summed E-state index contributed by atoms with van der Waals surface area (Å²) in [7, 11) is 3.55. The molecule has 24 heavy (non-hydrogen) atoms. The van der Waals surface area contributed by atoms with Crippen molar-refractivity contribution >= 4 is 35.8 Å². The molecule has 1 N–H and O–H groups in total. The smallest absolute Gasteiger partial charge is 0.243 e. The van der Waals surface area contributed by atoms with E-state index in [-0.39, 0.29) is 36.4 Å². The molecule has 0 aromatic heterocycles. The van der Waals surface area contributed by atoms with Crippen LogP contribution in [0.4, 0.5) is 0 Å². The Kier molecular flexibility index (Phi) is 9.33. The Labute approximate surface area is 164 Å². The summed E-state index contributed by atoms with van der Waals surface area (Å²) in [4.78, 5) is 23.0. The van der Waals surface area contributed by atoms with Crippen molar-refractivity contribution in [3.05, 3.63) is 0 Å². The summed E-state index contributed by atoms with van der Waals surface area (Å²) >= 11 is 0. The molecule has 2 aliphatic heterocycles. The van der Waals surface area contributed by atoms with Gasteiger partial charge in [-0.25, -0.2) is 4.99 Å². The van der Waals surface area contributed by atoms with Gasteiger partial charge in [0.25, 0.3) is 0 Å². The normalized spacial score (nSPS) is 23.1. The first-order valence-electron chi connectivity index (χ1n) is 9.01. The molecular formula is C17H34IN5O. The maximum absolute atomic E-state index is 11.9. The van der Waals surface area contributed by atoms with Gasteiger partial charge < -0.3 is 15.1 Å². The lowest BCUT2D eigenvalue weighted by Crippen LogP contribution is -2.46. The third-order valence-corrected chi connectivity index (χ3v) is 4.97. The molecule has 7 heteroatoms. The van der Waals surface area contributed by atoms with E-state index in [2.05, 4.69) is 34.0 Å². The van der Waals surface area contributed by atoms with Crippen LogP contribution in [-0.4, -0.2) is 85.5 Å². The number of nitrogens with one attached hydrogen (secondary N) is 1. The number of hydrogen-bond donors (Lipinski definition) is 1. The van der Waals surface area contributed by atoms with E-state index in [0.29, 0.717) is 12.1 Å². The second-order valence-electron chi connectivity index (χ2n) is 7.01. The van der Waals surface area contributed by atoms with Crippen molar-refractivity contribution in [2.45, 2.75) is 51.6 Å². The molecule has 140 valence electrons. The van der Waals surface area contributed by atoms with Gasteiger partial charge in [0.05, 0.1) is 0 Å². The van der Waals surface area contributed by atoms with E-state index in [1.54, 1.807) is 19.0 Å². The van der Waals surface area contributed by atoms with Gasteiger partial charge >= 0.3 is 0 Å². The predicted molar refractivity (Wildman–Crippen MR) is 110 cm³/mol. The number of rotatable bonds is 5. The van der Waals surface area contributed by atoms with Crippen LogP contribution >= 0.6 is 24.0 Å². The number of likely N-dealkylation sites (N-methyl/N-ethyl adjacent to an activating group) is 1. The topological polar surface area (TPSA) is 51.2 Å². The Hall–Kier alpha value is -0.570. The number of carbonyl (C=O) groups is 1. The average molecular weight is 451 g/mol. The lowest BCUT2D eigenvalue weighted by atomic mass is 10.2. The monoisotopic (exact) mass is 451 g/mol. The molecule has 0 bridgehead atoms. The van der Waals surface area contributed by atoms with Gasteiger partial charge in [-0.3, -0.25) is 9.69 Å². The minimum absolute atomic E-state index is 0. The Morgan fingerprint density at radius 2 is 1.96 bits per heavy atom. The van der Waals surface area contributed by atoms with Crippen LogP contribution in [-0.2, 0) is 4.79 Å². The van der Waals surface area contributed by atoms with Gasteiger partial charge in [0.2, 0.25) is 5.91 Å². The highest BCUT2D eigenvalue weighted by molar-refractivity contribution is 14.0. The zero-order chi connectivity index (χ0) is 16.8. The van der Waals surface area contributed by atoms with E-state index >= 15 is 0 Å². The lowest BCUT2D eigenvalue weighted by Gasteiger charge is -2.27. The summed E-state index contributed by atoms with van der Waals surface area (Å²) in [6, 6.07) is 1.01. The summed E-state index contributed by atoms with van der Waals surface area (Å²) in [6.45, 7) is 9.08. The van der Waals surface area contributed by atoms with Gasteiger partial charge in [-0.15, -0.1) is 24.0 Å². The van der Waals surface area contributed by atoms with Crippen LogP contribution in [0.15, 0.2) is 4.99 Å². The number of guanidine groups is 1. The van der Waals surface area contributed by atoms with Crippen LogP contribution < -0.4 is 5.32 Å². The molecule has 0 aromatic rings. The minimum Gasteiger partial charge on any atom is -0.354 e. The number of amides is 1. The van der Waals surface area contributed by atoms with Crippen LogP contribution in [0, 0.1) is 0 Å². The maximum atomic E-state index is 11.9. The molecule has 0 aliphatic carbocycles. The highest BCUT2D eigenvalue weighted by Crippen LogP contribution is 2.20. The molecule has 0 spiro atoms. The molecule has 0 radical (unpaired) electrons. The van der Waals surface area contributed by atoms with E-state index in [4.69, 9.17) is 0 Å². The summed E-state index contributed by atoms with van der Waals surface area (Å²) in [6.07, 6.45) is 4.91. The van der Waals surface area contributed by atoms with Crippen LogP contribution in [0.5, 0.6) is 0 Å². The Bertz CT molecular complexity index is 423. The fourth-order valence-corrected chi connectivity index (χ4v) is 3.18. The van der Waals surface area contributed by atoms with Gasteiger partial charge in [-0.05, 0) is 45.7 Å². The Balaban J connectivity index is 0.00000288. The molecule has 0 saturated carbocycles. The highest BCUT2D eigenvalue weighted by atomic mass is 127. The van der Waals surface area contributed by atoms with Crippen LogP contribution in [0.3, 0.4) is 0 Å². The number of aliphatic imine (C=N–C) groups is 1. The van der Waals surface area contributed by atoms with Crippen LogP contribution in [0.1, 0.15) is 39.5 Å². The molecule has 2 fully saturated rings. The van der Waals surface area contributed by atoms with Crippen molar-refractivity contribution in [2.75, 3.05) is 46.8 Å². The molecule has 2 aliphatic rings. The third-order valence-electron chi connectivity index (χ3n) is 4.97. The van der Waals surface area contributed by atoms with Crippen molar-refractivity contribution in [1.29, 1.82) is 0 Å². The van der Waals surface area contributed by atoms with Gasteiger partial charge in [-0.1, -0.05) is 6.92 Å². The largest absolute Gasteiger partial charge is 0.354 e. The fourth-order valence-electron chi connectivity index (χ4n) is 3.18. The molecule has 2 saturated heterocycles. The molecular weight excluding hydrogens is 417 g/mol. The Morgan fingerprint density at radius 1 is 1.29 bits per heavy atom. The molecule has 2 atom stereocenters. The van der Waals surface area contributed by atoms with E-state index in [1.165, 1.54) is 32.4 Å². The van der Waals surface area contributed by atoms with Crippen molar-refractivity contribution < 1.29 is 4.79 Å². The van der Waals surface area contributed by atoms with Gasteiger partial charge in [0, 0.05) is 39.3 Å². The summed E-state index contributed by atoms with van der Waals surface area (Å²) in [5.41, 5.74) is 0. The van der Waals surface area contributed by atoms with Crippen molar-refractivity contribution in [3.63, 3.8) is 0 Å². The van der Waals surface area contributed by atoms with E-state index in [0.717, 1.165) is 25.5 Å². The zero-order valence-electron chi connectivity index (χ0n) is 15.6. The van der Waals surface area contributed by atoms with Gasteiger partial charge in [0.1, 0.15) is 6.54 Å². The number of hydrogen-bond acceptors (Lipinski definition) is 3. The predicted octanol–water partition coefficient (Wildman–Crippen LogP) is 1.61. The van der Waals surface area contributed by atoms with Crippen molar-refractivity contribution in [3.8, 4) is 0 Å². The number of halogens is 1. The second kappa shape index (κ2) is 10.4. The SMILES string of the molecule is CCC(C)NC(=NCC(=O)N(C)C)N1CCC(N2CCCC2)C1.I. The number of carbonyl (C=O) groups excluding carboxylic acids is 1. The second-order valence-corrected chi connectivity index (χ2v) is 7.01. The lowest BCUT2D eigenvalue weighted by molar-refractivity contribution is -0.127. The van der Waals surface area contributed by atoms with E-state index in [9.17, 15) is 4.79 Å². The van der Waals surface area contributed by atoms with Crippen LogP contribution in [0.2, 0.25) is 0 Å². The summed E-state index contributed by atoms with van der Waals surface area (Å²) in [5, 5.41) is 3.50. The molecule has 6 nitrogen and oxygen atoms in total. The number of likely N-dealkylation sites (tertiary alicyclic amines) is 2. The van der Waals surface area contributed by atoms with Gasteiger partial charge in [0.15, 0.2) is 5.96 Å². The first-order valence-corrected chi connectivity index (χ1v) is 9.01. The zero-order valence-corrected chi connectivity index (χ0v) is 18.0. The van der Waals surface area contributed by atoms with Gasteiger partial charge in [-0.2, -0.15) is 0 Å². The molecule has 2 heterocycles. The maximum Gasteiger partial charge on any atom is 0.243 e. The third kappa shape index (κ3) is 6.06. The quantitative estimate of drug-likeness (QED) is 0.392. The minimum atomic E-state index is 0. The van der Waals surface area contributed by atoms with E-state index in [1.807, 2.05) is 0 Å². The standard InChI is InChI=1S/C17H33N5O.HI/c1-5-14(2)19-17(18-12-16(23)20(3)4)22-11-8-15(13-22)21-9-6-7-10-21;/h14-15H,5-13H2,1-4H3,(H,18,19);1H. The highest BCUT2D eigenvalue weighted by Gasteiger charge is 2.31. The molecule has 2 unspecified atom stereocenters. The molecule has 1 amide bonds. The summed E-state index contributed by atoms with van der Waals surface area (Å²) < 4.78 is 0. The van der Waals surface area contributed by atoms with Crippen molar-refractivity contribution in [1.82, 2.24) is 20.0 Å². The molecule has 2 rings (SSSR count). The number of nitrogens with zero attached hydrogens (tertiary/aromatic N) is 4. The Morgan fingerprint density at radius 3 is 2.54 bits per heavy atom. The van der Waals surface area contributed by atoms with E-state index < -0.39 is 0 Å². The van der Waals surface area contributed by atoms with Crippen molar-refractivity contribution in [2.24, 2.45) is 4.99 Å². The summed E-state index contributed by atoms with van der Waals surface area (Å²) in [5.74, 6) is 0.944. The first-order chi connectivity index (χ1) is 11.0. The first kappa shape index (κ1) is 21.5. The van der Waals surface area contributed by atoms with Crippen LogP contribution in [0.25, 0.3) is 0 Å².